The molecule has 4 nitrogen and oxygen atoms in total. The zero-order chi connectivity index (χ0) is 32.1. The highest BCUT2D eigenvalue weighted by atomic mass is 35.5. The second-order valence-electron chi connectivity index (χ2n) is 10.5. The van der Waals surface area contributed by atoms with Gasteiger partial charge in [-0.3, -0.25) is 4.79 Å². The number of hydrogen-bond donors (Lipinski definition) is 0. The van der Waals surface area contributed by atoms with Gasteiger partial charge in [0.15, 0.2) is 0 Å². The Bertz CT molecular complexity index is 1520. The van der Waals surface area contributed by atoms with E-state index in [0.717, 1.165) is 11.8 Å². The van der Waals surface area contributed by atoms with Gasteiger partial charge in [-0.05, 0) is 84.0 Å². The molecule has 0 bridgehead atoms. The van der Waals surface area contributed by atoms with Crippen LogP contribution in [0.5, 0.6) is 0 Å². The summed E-state index contributed by atoms with van der Waals surface area (Å²) in [6.45, 7) is 1.12. The van der Waals surface area contributed by atoms with Gasteiger partial charge < -0.3 is 4.84 Å². The summed E-state index contributed by atoms with van der Waals surface area (Å²) in [5.41, 5.74) is -0.113. The Morgan fingerprint density at radius 3 is 2.09 bits per heavy atom. The Balaban J connectivity index is 1.67. The summed E-state index contributed by atoms with van der Waals surface area (Å²) in [7, 11) is 0. The lowest BCUT2D eigenvalue weighted by atomic mass is 9.71. The van der Waals surface area contributed by atoms with Crippen LogP contribution in [-0.4, -0.2) is 35.6 Å². The molecule has 0 atom stereocenters. The van der Waals surface area contributed by atoms with Crippen LogP contribution in [0.4, 0.5) is 26.3 Å². The van der Waals surface area contributed by atoms with Gasteiger partial charge in [0, 0.05) is 40.7 Å². The van der Waals surface area contributed by atoms with Gasteiger partial charge in [-0.2, -0.15) is 26.3 Å². The molecule has 0 unspecified atom stereocenters. The third kappa shape index (κ3) is 8.44. The number of fused-ring (bicyclic) bond motifs is 3. The molecule has 0 fully saturated rings. The van der Waals surface area contributed by atoms with Crippen LogP contribution in [0.15, 0.2) is 76.8 Å². The van der Waals surface area contributed by atoms with Crippen molar-refractivity contribution in [3.63, 3.8) is 0 Å². The summed E-state index contributed by atoms with van der Waals surface area (Å²) in [5.74, 6) is -0.818. The number of alkyl halides is 6. The first-order chi connectivity index (χ1) is 20.7. The molecule has 0 spiro atoms. The molecule has 12 heteroatoms. The van der Waals surface area contributed by atoms with E-state index in [0.29, 0.717) is 33.9 Å². The monoisotopic (exact) mass is 655 g/mol. The van der Waals surface area contributed by atoms with E-state index in [2.05, 4.69) is 5.16 Å². The van der Waals surface area contributed by atoms with E-state index in [9.17, 15) is 35.9 Å². The lowest BCUT2D eigenvalue weighted by molar-refractivity contribution is -0.144. The molecular weight excluding hydrogens is 628 g/mol. The topological polar surface area (TPSA) is 55.7 Å². The maximum absolute atomic E-state index is 13.7. The highest BCUT2D eigenvalue weighted by Crippen LogP contribution is 2.55. The largest absolute Gasteiger partial charge is 0.389 e. The fourth-order valence-electron chi connectivity index (χ4n) is 5.42. The second kappa shape index (κ2) is 13.8. The van der Waals surface area contributed by atoms with Crippen LogP contribution in [0.2, 0.25) is 5.02 Å². The Morgan fingerprint density at radius 2 is 1.48 bits per heavy atom. The van der Waals surface area contributed by atoms with Crippen molar-refractivity contribution in [3.8, 4) is 11.1 Å². The minimum Gasteiger partial charge on any atom is -0.318 e. The van der Waals surface area contributed by atoms with Gasteiger partial charge in [0.2, 0.25) is 5.78 Å². The number of benzene rings is 3. The molecule has 44 heavy (non-hydrogen) atoms. The molecule has 3 aromatic carbocycles. The molecule has 0 amide bonds. The number of rotatable bonds is 12. The van der Waals surface area contributed by atoms with E-state index < -0.39 is 55.2 Å². The van der Waals surface area contributed by atoms with Crippen molar-refractivity contribution in [2.75, 3.05) is 5.75 Å². The molecule has 234 valence electrons. The molecule has 1 aliphatic rings. The van der Waals surface area contributed by atoms with Gasteiger partial charge in [0.1, 0.15) is 5.71 Å². The van der Waals surface area contributed by atoms with Crippen molar-refractivity contribution in [2.24, 2.45) is 5.16 Å². The normalized spacial score (nSPS) is 14.2. The quantitative estimate of drug-likeness (QED) is 0.0371. The standard InChI is InChI=1S/C32H28ClF6NO3S/c1-20(41)43-40-28(7-4-18-44-23-11-9-22(33)10-12-23)29(42)21-8-13-25-24-5-2-3-6-26(24)30(27(25)19-21,14-16-31(34,35)36)15-17-32(37,38)39/h2-3,5-6,8-13,19H,4,7,14-18H2,1H3/b40-28+. The van der Waals surface area contributed by atoms with E-state index in [1.165, 1.54) is 23.9 Å². The molecule has 0 heterocycles. The number of nitrogens with zero attached hydrogens (tertiary/aromatic N) is 1. The van der Waals surface area contributed by atoms with E-state index in [1.54, 1.807) is 42.5 Å². The number of ketones is 1. The maximum atomic E-state index is 13.7. The molecule has 0 radical (unpaired) electrons. The number of oxime groups is 1. The van der Waals surface area contributed by atoms with Crippen LogP contribution in [0, 0.1) is 0 Å². The molecule has 0 saturated carbocycles. The maximum Gasteiger partial charge on any atom is 0.389 e. The third-order valence-electron chi connectivity index (χ3n) is 7.39. The van der Waals surface area contributed by atoms with Gasteiger partial charge in [-0.15, -0.1) is 11.8 Å². The van der Waals surface area contributed by atoms with Crippen molar-refractivity contribution >= 4 is 40.8 Å². The van der Waals surface area contributed by atoms with E-state index >= 15 is 0 Å². The number of thioether (sulfide) groups is 1. The number of carbonyl (C=O) groups is 2. The van der Waals surface area contributed by atoms with Crippen LogP contribution < -0.4 is 0 Å². The second-order valence-corrected chi connectivity index (χ2v) is 12.1. The lowest BCUT2D eigenvalue weighted by Crippen LogP contribution is -2.30. The predicted molar refractivity (Wildman–Crippen MR) is 158 cm³/mol. The fraction of sp³-hybridized carbons (Fsp3) is 0.344. The summed E-state index contributed by atoms with van der Waals surface area (Å²) in [5, 5.41) is 4.35. The van der Waals surface area contributed by atoms with Crippen LogP contribution >= 0.6 is 23.4 Å². The molecule has 4 rings (SSSR count). The minimum absolute atomic E-state index is 0.0243. The lowest BCUT2D eigenvalue weighted by Gasteiger charge is -2.33. The first-order valence-electron chi connectivity index (χ1n) is 13.7. The average Bonchev–Trinajstić information content (AvgIpc) is 3.24. The van der Waals surface area contributed by atoms with E-state index in [1.807, 2.05) is 12.1 Å². The molecule has 0 aliphatic heterocycles. The molecule has 0 aromatic heterocycles. The molecular formula is C32H28ClF6NO3S. The van der Waals surface area contributed by atoms with Gasteiger partial charge in [-0.1, -0.05) is 53.2 Å². The van der Waals surface area contributed by atoms with Crippen LogP contribution in [0.1, 0.15) is 66.9 Å². The summed E-state index contributed by atoms with van der Waals surface area (Å²) >= 11 is 7.43. The van der Waals surface area contributed by atoms with Crippen molar-refractivity contribution in [2.45, 2.75) is 68.1 Å². The zero-order valence-corrected chi connectivity index (χ0v) is 25.1. The predicted octanol–water partition coefficient (Wildman–Crippen LogP) is 9.97. The first-order valence-corrected chi connectivity index (χ1v) is 15.1. The fourth-order valence-corrected chi connectivity index (χ4v) is 6.40. The van der Waals surface area contributed by atoms with Gasteiger partial charge in [0.25, 0.3) is 0 Å². The summed E-state index contributed by atoms with van der Waals surface area (Å²) < 4.78 is 81.0. The van der Waals surface area contributed by atoms with Gasteiger partial charge in [-0.25, -0.2) is 4.79 Å². The smallest absolute Gasteiger partial charge is 0.318 e. The Hall–Kier alpha value is -3.31. The number of halogens is 7. The Morgan fingerprint density at radius 1 is 0.864 bits per heavy atom. The van der Waals surface area contributed by atoms with E-state index in [-0.39, 0.29) is 23.3 Å². The third-order valence-corrected chi connectivity index (χ3v) is 8.74. The van der Waals surface area contributed by atoms with E-state index in [4.69, 9.17) is 16.4 Å². The molecule has 0 saturated heterocycles. The Labute approximate surface area is 259 Å². The van der Waals surface area contributed by atoms with Crippen molar-refractivity contribution in [1.29, 1.82) is 0 Å². The van der Waals surface area contributed by atoms with Crippen LogP contribution in [-0.2, 0) is 15.0 Å². The molecule has 3 aromatic rings. The van der Waals surface area contributed by atoms with Crippen LogP contribution in [0.3, 0.4) is 0 Å². The van der Waals surface area contributed by atoms with Crippen molar-refractivity contribution in [3.05, 3.63) is 88.4 Å². The SMILES string of the molecule is CC(=O)O/N=C(\CCCSc1ccc(Cl)cc1)C(=O)c1ccc2c(c1)C(CCC(F)(F)F)(CCC(F)(F)F)c1ccccc1-2. The summed E-state index contributed by atoms with van der Waals surface area (Å²) in [6.07, 6.45) is -12.5. The summed E-state index contributed by atoms with van der Waals surface area (Å²) in [4.78, 5) is 30.9. The highest BCUT2D eigenvalue weighted by molar-refractivity contribution is 7.99. The van der Waals surface area contributed by atoms with Gasteiger partial charge in [0.05, 0.1) is 0 Å². The van der Waals surface area contributed by atoms with Crippen LogP contribution in [0.25, 0.3) is 11.1 Å². The Kier molecular flexibility index (Phi) is 10.5. The van der Waals surface area contributed by atoms with Crippen molar-refractivity contribution in [1.82, 2.24) is 0 Å². The number of hydrogen-bond acceptors (Lipinski definition) is 5. The zero-order valence-electron chi connectivity index (χ0n) is 23.5. The average molecular weight is 656 g/mol. The first kappa shape index (κ1) is 33.6. The number of carbonyl (C=O) groups excluding carboxylic acids is 2. The molecule has 0 N–H and O–H groups in total. The number of Topliss-reactive ketones (excluding diaryl/α,β-unsaturated/α-hetero) is 1. The van der Waals surface area contributed by atoms with Crippen molar-refractivity contribution < 1.29 is 40.8 Å². The highest BCUT2D eigenvalue weighted by Gasteiger charge is 2.47. The summed E-state index contributed by atoms with van der Waals surface area (Å²) in [6, 6.07) is 18.0. The minimum atomic E-state index is -4.61. The van der Waals surface area contributed by atoms with Gasteiger partial charge >= 0.3 is 18.3 Å². The molecule has 1 aliphatic carbocycles.